The summed E-state index contributed by atoms with van der Waals surface area (Å²) in [6.07, 6.45) is -6.55. The Morgan fingerprint density at radius 2 is 1.83 bits per heavy atom. The van der Waals surface area contributed by atoms with Crippen LogP contribution < -0.4 is 21.2 Å². The molecule has 2 amide bonds. The van der Waals surface area contributed by atoms with Crippen LogP contribution in [-0.2, 0) is 14.3 Å². The van der Waals surface area contributed by atoms with Crippen molar-refractivity contribution >= 4 is 69.3 Å². The summed E-state index contributed by atoms with van der Waals surface area (Å²) < 4.78 is 47.4. The predicted octanol–water partition coefficient (Wildman–Crippen LogP) is 4.08. The summed E-state index contributed by atoms with van der Waals surface area (Å²) in [5.41, 5.74) is 6.59. The number of carbonyl (C=O) groups is 3. The van der Waals surface area contributed by atoms with Gasteiger partial charge >= 0.3 is 24.1 Å². The Bertz CT molecular complexity index is 1430. The first-order valence-corrected chi connectivity index (χ1v) is 9.93. The number of nitrogens with two attached hydrogens (primary N) is 1. The number of aromatic nitrogens is 2. The number of aromatic amines is 1. The van der Waals surface area contributed by atoms with E-state index in [1.54, 1.807) is 5.32 Å². The lowest BCUT2D eigenvalue weighted by molar-refractivity contribution is -0.167. The minimum atomic E-state index is -5.11. The van der Waals surface area contributed by atoms with Crippen LogP contribution >= 0.6 is 23.2 Å². The minimum absolute atomic E-state index is 0.0646. The van der Waals surface area contributed by atoms with Gasteiger partial charge in [-0.3, -0.25) is 15.3 Å². The van der Waals surface area contributed by atoms with Crippen LogP contribution in [0.2, 0.25) is 10.0 Å². The number of nitrogens with one attached hydrogen (secondary N) is 3. The van der Waals surface area contributed by atoms with Gasteiger partial charge in [-0.25, -0.2) is 9.59 Å². The van der Waals surface area contributed by atoms with E-state index in [1.165, 1.54) is 36.4 Å². The maximum absolute atomic E-state index is 12.6. The molecule has 1 heterocycles. The molecule has 5 N–H and O–H groups in total. The standard InChI is InChI=1S/C19H10Cl2F3N7O5/c20-10-3-7(28-30-13(6-25)16(32)36-18(26)34)4-11(21)14(10)35-8-1-2-12-9(5-8)15(31-29-12)27-17(33)19(22,23)24/h1-5,28H,(H2,26,34)(H2,27,29,31,33). The van der Waals surface area contributed by atoms with Gasteiger partial charge in [0.1, 0.15) is 11.8 Å². The third-order valence-corrected chi connectivity index (χ3v) is 4.59. The van der Waals surface area contributed by atoms with E-state index >= 15 is 0 Å². The van der Waals surface area contributed by atoms with Crippen molar-refractivity contribution in [2.45, 2.75) is 6.18 Å². The van der Waals surface area contributed by atoms with E-state index in [-0.39, 0.29) is 38.4 Å². The van der Waals surface area contributed by atoms with Gasteiger partial charge < -0.3 is 20.5 Å². The number of hydrogen-bond acceptors (Lipinski definition) is 9. The van der Waals surface area contributed by atoms with Crippen molar-refractivity contribution in [3.05, 3.63) is 40.4 Å². The second-order valence-corrected chi connectivity index (χ2v) is 7.31. The summed E-state index contributed by atoms with van der Waals surface area (Å²) in [7, 11) is 0. The SMILES string of the molecule is N#CC(=NNc1cc(Cl)c(Oc2ccc3[nH]nc(NC(=O)C(F)(F)F)c3c2)c(Cl)c1)C(=O)OC(N)=O. The summed E-state index contributed by atoms with van der Waals surface area (Å²) in [4.78, 5) is 33.4. The van der Waals surface area contributed by atoms with Crippen molar-refractivity contribution in [2.24, 2.45) is 10.8 Å². The lowest BCUT2D eigenvalue weighted by atomic mass is 10.2. The smallest absolute Gasteiger partial charge is 0.454 e. The third-order valence-electron chi connectivity index (χ3n) is 4.03. The van der Waals surface area contributed by atoms with E-state index in [2.05, 4.69) is 25.5 Å². The average Bonchev–Trinajstić information content (AvgIpc) is 3.17. The molecule has 3 aromatic rings. The Morgan fingerprint density at radius 3 is 2.42 bits per heavy atom. The number of ether oxygens (including phenoxy) is 2. The Hall–Kier alpha value is -4.55. The zero-order valence-corrected chi connectivity index (χ0v) is 18.7. The summed E-state index contributed by atoms with van der Waals surface area (Å²) in [5.74, 6) is -3.97. The van der Waals surface area contributed by atoms with Gasteiger partial charge in [-0.15, -0.1) is 0 Å². The molecule has 0 fully saturated rings. The molecular weight excluding hydrogens is 534 g/mol. The Balaban J connectivity index is 1.83. The molecule has 0 saturated carbocycles. The number of fused-ring (bicyclic) bond motifs is 1. The van der Waals surface area contributed by atoms with Crippen molar-refractivity contribution in [3.63, 3.8) is 0 Å². The Kier molecular flexibility index (Phi) is 7.51. The molecule has 0 spiro atoms. The van der Waals surface area contributed by atoms with Gasteiger partial charge in [-0.05, 0) is 30.3 Å². The van der Waals surface area contributed by atoms with Gasteiger partial charge in [0, 0.05) is 5.39 Å². The second-order valence-electron chi connectivity index (χ2n) is 6.50. The number of alkyl halides is 3. The molecule has 2 aromatic carbocycles. The Labute approximate surface area is 207 Å². The molecule has 17 heteroatoms. The average molecular weight is 544 g/mol. The van der Waals surface area contributed by atoms with Crippen LogP contribution in [0.4, 0.5) is 29.5 Å². The highest BCUT2D eigenvalue weighted by Crippen LogP contribution is 2.40. The van der Waals surface area contributed by atoms with Crippen LogP contribution in [0.25, 0.3) is 10.9 Å². The molecule has 0 aliphatic heterocycles. The number of nitrogens with zero attached hydrogens (tertiary/aromatic N) is 3. The molecule has 36 heavy (non-hydrogen) atoms. The number of H-pyrrole nitrogens is 1. The largest absolute Gasteiger partial charge is 0.471 e. The summed E-state index contributed by atoms with van der Waals surface area (Å²) >= 11 is 12.4. The van der Waals surface area contributed by atoms with Crippen molar-refractivity contribution in [2.75, 3.05) is 10.7 Å². The molecule has 0 aliphatic carbocycles. The van der Waals surface area contributed by atoms with Crippen LogP contribution in [0.5, 0.6) is 11.5 Å². The summed E-state index contributed by atoms with van der Waals surface area (Å²) in [6, 6.07) is 8.07. The highest BCUT2D eigenvalue weighted by molar-refractivity contribution is 6.44. The summed E-state index contributed by atoms with van der Waals surface area (Å²) in [6.45, 7) is 0. The zero-order valence-electron chi connectivity index (χ0n) is 17.2. The lowest BCUT2D eigenvalue weighted by Gasteiger charge is -2.12. The first-order chi connectivity index (χ1) is 16.9. The molecule has 0 atom stereocenters. The first kappa shape index (κ1) is 26.1. The number of rotatable bonds is 6. The summed E-state index contributed by atoms with van der Waals surface area (Å²) in [5, 5.41) is 20.2. The van der Waals surface area contributed by atoms with E-state index in [1.807, 2.05) is 0 Å². The maximum Gasteiger partial charge on any atom is 0.471 e. The van der Waals surface area contributed by atoms with E-state index in [9.17, 15) is 27.6 Å². The van der Waals surface area contributed by atoms with Crippen LogP contribution in [0.3, 0.4) is 0 Å². The molecule has 0 aliphatic rings. The fraction of sp³-hybridized carbons (Fsp3) is 0.0526. The number of halogens is 5. The van der Waals surface area contributed by atoms with Crippen LogP contribution in [-0.4, -0.2) is 40.1 Å². The monoisotopic (exact) mass is 543 g/mol. The van der Waals surface area contributed by atoms with E-state index in [0.717, 1.165) is 0 Å². The predicted molar refractivity (Wildman–Crippen MR) is 120 cm³/mol. The van der Waals surface area contributed by atoms with Crippen molar-refractivity contribution in [1.29, 1.82) is 5.26 Å². The number of esters is 1. The molecule has 0 radical (unpaired) electrons. The minimum Gasteiger partial charge on any atom is -0.454 e. The molecule has 0 unspecified atom stereocenters. The number of amides is 2. The molecule has 12 nitrogen and oxygen atoms in total. The first-order valence-electron chi connectivity index (χ1n) is 9.17. The topological polar surface area (TPSA) is 185 Å². The van der Waals surface area contributed by atoms with Crippen molar-refractivity contribution in [3.8, 4) is 17.6 Å². The van der Waals surface area contributed by atoms with Crippen LogP contribution in [0, 0.1) is 11.3 Å². The number of primary amides is 1. The van der Waals surface area contributed by atoms with Gasteiger partial charge in [0.05, 0.1) is 21.2 Å². The fourth-order valence-corrected chi connectivity index (χ4v) is 3.11. The molecule has 0 saturated heterocycles. The van der Waals surface area contributed by atoms with Gasteiger partial charge in [0.25, 0.3) is 0 Å². The van der Waals surface area contributed by atoms with E-state index < -0.39 is 29.9 Å². The van der Waals surface area contributed by atoms with Crippen LogP contribution in [0.1, 0.15) is 0 Å². The van der Waals surface area contributed by atoms with Crippen LogP contribution in [0.15, 0.2) is 35.4 Å². The van der Waals surface area contributed by atoms with Gasteiger partial charge in [0.15, 0.2) is 11.6 Å². The number of hydrogen-bond donors (Lipinski definition) is 4. The quantitative estimate of drug-likeness (QED) is 0.155. The van der Waals surface area contributed by atoms with E-state index in [0.29, 0.717) is 5.52 Å². The molecule has 186 valence electrons. The Morgan fingerprint density at radius 1 is 1.17 bits per heavy atom. The molecule has 1 aromatic heterocycles. The molecular formula is C19H10Cl2F3N7O5. The lowest BCUT2D eigenvalue weighted by Crippen LogP contribution is -2.30. The van der Waals surface area contributed by atoms with Gasteiger partial charge in [-0.1, -0.05) is 23.2 Å². The van der Waals surface area contributed by atoms with Gasteiger partial charge in [-0.2, -0.15) is 28.6 Å². The number of carbonyl (C=O) groups excluding carboxylic acids is 3. The van der Waals surface area contributed by atoms with E-state index in [4.69, 9.17) is 38.9 Å². The zero-order chi connectivity index (χ0) is 26.6. The van der Waals surface area contributed by atoms with Gasteiger partial charge in [0.2, 0.25) is 5.71 Å². The maximum atomic E-state index is 12.6. The number of hydrazone groups is 1. The normalized spacial score (nSPS) is 11.5. The highest BCUT2D eigenvalue weighted by Gasteiger charge is 2.39. The molecule has 3 rings (SSSR count). The number of benzene rings is 2. The van der Waals surface area contributed by atoms with Crippen molar-refractivity contribution < 1.29 is 37.0 Å². The fourth-order valence-electron chi connectivity index (χ4n) is 2.55. The molecule has 0 bridgehead atoms. The highest BCUT2D eigenvalue weighted by atomic mass is 35.5. The second kappa shape index (κ2) is 10.4. The number of anilines is 2. The third kappa shape index (κ3) is 6.11. The van der Waals surface area contributed by atoms with Crippen molar-refractivity contribution in [1.82, 2.24) is 10.2 Å². The number of nitriles is 1.